The second kappa shape index (κ2) is 6.60. The van der Waals surface area contributed by atoms with Crippen molar-refractivity contribution in [1.29, 1.82) is 0 Å². The number of rotatable bonds is 3. The Morgan fingerprint density at radius 3 is 2.75 bits per heavy atom. The third kappa shape index (κ3) is 4.12. The highest BCUT2D eigenvalue weighted by molar-refractivity contribution is 7.73. The van der Waals surface area contributed by atoms with E-state index in [-0.39, 0.29) is 0 Å². The van der Waals surface area contributed by atoms with E-state index in [1.54, 1.807) is 19.1 Å². The molecule has 6 nitrogen and oxygen atoms in total. The van der Waals surface area contributed by atoms with Crippen molar-refractivity contribution in [3.8, 4) is 0 Å². The number of halogens is 1. The van der Waals surface area contributed by atoms with Gasteiger partial charge in [0.2, 0.25) is 5.13 Å². The van der Waals surface area contributed by atoms with E-state index in [4.69, 9.17) is 23.8 Å². The molecule has 9 heteroatoms. The fourth-order valence-electron chi connectivity index (χ4n) is 1.30. The fourth-order valence-corrected chi connectivity index (χ4v) is 2.21. The topological polar surface area (TPSA) is 82.2 Å². The molecule has 0 spiro atoms. The van der Waals surface area contributed by atoms with E-state index in [1.165, 1.54) is 0 Å². The van der Waals surface area contributed by atoms with Gasteiger partial charge in [-0.15, -0.1) is 5.10 Å². The summed E-state index contributed by atoms with van der Waals surface area (Å²) in [7, 11) is 0. The average Bonchev–Trinajstić information content (AvgIpc) is 2.82. The van der Waals surface area contributed by atoms with E-state index >= 15 is 0 Å². The van der Waals surface area contributed by atoms with Gasteiger partial charge >= 0.3 is 6.03 Å². The van der Waals surface area contributed by atoms with E-state index in [0.29, 0.717) is 19.8 Å². The number of hydrogen-bond acceptors (Lipinski definition) is 5. The lowest BCUT2D eigenvalue weighted by Crippen LogP contribution is -2.25. The minimum absolute atomic E-state index is 0.381. The zero-order valence-electron chi connectivity index (χ0n) is 10.3. The Morgan fingerprint density at radius 2 is 2.15 bits per heavy atom. The van der Waals surface area contributed by atoms with Crippen molar-refractivity contribution in [3.05, 3.63) is 38.8 Å². The van der Waals surface area contributed by atoms with Gasteiger partial charge in [-0.3, -0.25) is 10.4 Å². The van der Waals surface area contributed by atoms with Gasteiger partial charge in [-0.1, -0.05) is 35.1 Å². The minimum atomic E-state index is -0.490. The summed E-state index contributed by atoms with van der Waals surface area (Å²) in [4.78, 5) is 11.6. The minimum Gasteiger partial charge on any atom is -0.281 e. The first-order chi connectivity index (χ1) is 9.54. The molecular formula is C11H10ClN5OS2. The number of benzene rings is 1. The van der Waals surface area contributed by atoms with E-state index in [1.807, 2.05) is 12.1 Å². The van der Waals surface area contributed by atoms with Crippen LogP contribution in [0.25, 0.3) is 0 Å². The van der Waals surface area contributed by atoms with Crippen LogP contribution in [-0.2, 0) is 0 Å². The third-order valence-corrected chi connectivity index (χ3v) is 3.50. The summed E-state index contributed by atoms with van der Waals surface area (Å²) in [6.45, 7) is 1.78. The van der Waals surface area contributed by atoms with Crippen molar-refractivity contribution in [1.82, 2.24) is 15.6 Å². The maximum atomic E-state index is 11.6. The maximum Gasteiger partial charge on any atom is 0.341 e. The summed E-state index contributed by atoms with van der Waals surface area (Å²) >= 11 is 11.8. The smallest absolute Gasteiger partial charge is 0.281 e. The molecule has 2 aromatic rings. The molecule has 1 aromatic heterocycles. The molecule has 0 saturated carbocycles. The first kappa shape index (κ1) is 14.6. The van der Waals surface area contributed by atoms with E-state index < -0.39 is 6.03 Å². The van der Waals surface area contributed by atoms with Crippen molar-refractivity contribution in [2.24, 2.45) is 5.10 Å². The van der Waals surface area contributed by atoms with Crippen molar-refractivity contribution < 1.29 is 4.79 Å². The normalized spacial score (nSPS) is 11.2. The van der Waals surface area contributed by atoms with Crippen LogP contribution in [0, 0.1) is 3.95 Å². The molecule has 104 valence electrons. The number of aromatic amines is 1. The first-order valence-corrected chi connectivity index (χ1v) is 7.07. The predicted octanol–water partition coefficient (Wildman–Crippen LogP) is 3.40. The molecule has 0 aliphatic carbocycles. The van der Waals surface area contributed by atoms with Crippen molar-refractivity contribution in [3.63, 3.8) is 0 Å². The van der Waals surface area contributed by atoms with Gasteiger partial charge in [0, 0.05) is 5.02 Å². The second-order valence-corrected chi connectivity index (χ2v) is 5.79. The van der Waals surface area contributed by atoms with Crippen LogP contribution in [0.1, 0.15) is 12.5 Å². The van der Waals surface area contributed by atoms with Crippen molar-refractivity contribution >= 4 is 52.0 Å². The summed E-state index contributed by atoms with van der Waals surface area (Å²) in [5, 5.41) is 13.9. The molecule has 0 saturated heterocycles. The lowest BCUT2D eigenvalue weighted by molar-refractivity contribution is 0.252. The molecule has 20 heavy (non-hydrogen) atoms. The summed E-state index contributed by atoms with van der Waals surface area (Å²) in [6.07, 6.45) is 0. The Bertz CT molecular complexity index is 691. The number of H-pyrrole nitrogens is 1. The van der Waals surface area contributed by atoms with Crippen LogP contribution < -0.4 is 10.7 Å². The summed E-state index contributed by atoms with van der Waals surface area (Å²) < 4.78 is 0.487. The quantitative estimate of drug-likeness (QED) is 0.459. The Balaban J connectivity index is 1.96. The number of aromatic nitrogens is 2. The summed E-state index contributed by atoms with van der Waals surface area (Å²) in [5.41, 5.74) is 3.90. The highest BCUT2D eigenvalue weighted by Crippen LogP contribution is 2.11. The van der Waals surface area contributed by atoms with Gasteiger partial charge in [0.25, 0.3) is 0 Å². The molecule has 0 atom stereocenters. The number of carbonyl (C=O) groups excluding carboxylic acids is 1. The van der Waals surface area contributed by atoms with Gasteiger partial charge in [0.05, 0.1) is 5.71 Å². The van der Waals surface area contributed by atoms with Gasteiger partial charge in [0.15, 0.2) is 3.95 Å². The number of amides is 2. The first-order valence-electron chi connectivity index (χ1n) is 5.47. The predicted molar refractivity (Wildman–Crippen MR) is 83.1 cm³/mol. The number of anilines is 1. The zero-order valence-corrected chi connectivity index (χ0v) is 12.7. The highest BCUT2D eigenvalue weighted by atomic mass is 35.5. The Labute approximate surface area is 128 Å². The van der Waals surface area contributed by atoms with Crippen LogP contribution in [0.5, 0.6) is 0 Å². The number of nitrogens with one attached hydrogen (secondary N) is 3. The van der Waals surface area contributed by atoms with Crippen LogP contribution in [0.15, 0.2) is 29.4 Å². The van der Waals surface area contributed by atoms with Crippen molar-refractivity contribution in [2.45, 2.75) is 6.92 Å². The number of hydrogen-bond donors (Lipinski definition) is 3. The molecule has 0 bridgehead atoms. The Kier molecular flexibility index (Phi) is 4.83. The van der Waals surface area contributed by atoms with Crippen LogP contribution in [0.2, 0.25) is 5.02 Å². The molecule has 0 unspecified atom stereocenters. The molecule has 0 aliphatic heterocycles. The summed E-state index contributed by atoms with van der Waals surface area (Å²) in [5.74, 6) is 0. The lowest BCUT2D eigenvalue weighted by Gasteiger charge is -2.03. The lowest BCUT2D eigenvalue weighted by atomic mass is 10.1. The fraction of sp³-hybridized carbons (Fsp3) is 0.0909. The average molecular weight is 328 g/mol. The van der Waals surface area contributed by atoms with Crippen LogP contribution in [-0.4, -0.2) is 21.9 Å². The molecule has 2 rings (SSSR count). The molecular weight excluding hydrogens is 318 g/mol. The second-order valence-electron chi connectivity index (χ2n) is 3.69. The Morgan fingerprint density at radius 1 is 1.45 bits per heavy atom. The van der Waals surface area contributed by atoms with Gasteiger partial charge < -0.3 is 0 Å². The largest absolute Gasteiger partial charge is 0.341 e. The zero-order chi connectivity index (χ0) is 14.5. The van der Waals surface area contributed by atoms with Crippen LogP contribution in [0.3, 0.4) is 0 Å². The SMILES string of the molecule is C/C(=N\NC(=O)Nc1n[nH]c(=S)s1)c1ccc(Cl)cc1. The standard InChI is InChI=1S/C11H10ClN5OS2/c1-6(7-2-4-8(12)5-3-7)14-15-9(18)13-10-16-17-11(19)20-10/h2-5H,1H3,(H,17,19)(H2,13,15,16,18)/b14-6+. The van der Waals surface area contributed by atoms with Gasteiger partial charge in [0.1, 0.15) is 0 Å². The summed E-state index contributed by atoms with van der Waals surface area (Å²) in [6, 6.07) is 6.66. The molecule has 1 aromatic carbocycles. The van der Waals surface area contributed by atoms with E-state index in [0.717, 1.165) is 16.9 Å². The van der Waals surface area contributed by atoms with E-state index in [9.17, 15) is 4.79 Å². The van der Waals surface area contributed by atoms with Crippen LogP contribution >= 0.6 is 35.2 Å². The number of urea groups is 1. The van der Waals surface area contributed by atoms with Crippen LogP contribution in [0.4, 0.5) is 9.93 Å². The monoisotopic (exact) mass is 327 g/mol. The third-order valence-electron chi connectivity index (χ3n) is 2.25. The Hall–Kier alpha value is -1.77. The molecule has 0 aliphatic rings. The molecule has 0 fully saturated rings. The molecule has 0 radical (unpaired) electrons. The molecule has 1 heterocycles. The van der Waals surface area contributed by atoms with Gasteiger partial charge in [-0.25, -0.2) is 10.2 Å². The van der Waals surface area contributed by atoms with Crippen molar-refractivity contribution in [2.75, 3.05) is 5.32 Å². The highest BCUT2D eigenvalue weighted by Gasteiger charge is 2.04. The molecule has 3 N–H and O–H groups in total. The maximum absolute atomic E-state index is 11.6. The van der Waals surface area contributed by atoms with Gasteiger partial charge in [-0.05, 0) is 36.8 Å². The van der Waals surface area contributed by atoms with E-state index in [2.05, 4.69) is 26.0 Å². The molecule has 2 amide bonds. The number of nitrogens with zero attached hydrogens (tertiary/aromatic N) is 2. The number of hydrazone groups is 1. The number of carbonyl (C=O) groups is 1. The van der Waals surface area contributed by atoms with Gasteiger partial charge in [-0.2, -0.15) is 5.10 Å².